The van der Waals surface area contributed by atoms with Gasteiger partial charge in [-0.1, -0.05) is 31.9 Å². The molecule has 0 radical (unpaired) electrons. The minimum Gasteiger partial charge on any atom is -0.322 e. The number of rotatable bonds is 3. The fourth-order valence-electron chi connectivity index (χ4n) is 1.53. The molecule has 2 aromatic carbocycles. The van der Waals surface area contributed by atoms with Crippen LogP contribution in [0.5, 0.6) is 0 Å². The average Bonchev–Trinajstić information content (AvgIpc) is 2.38. The minimum atomic E-state index is -0.208. The molecule has 0 aliphatic carbocycles. The van der Waals surface area contributed by atoms with Crippen molar-refractivity contribution >= 4 is 49.7 Å². The summed E-state index contributed by atoms with van der Waals surface area (Å²) in [6.07, 6.45) is 0.761. The Balaban J connectivity index is 2.17. The number of aldehydes is 1. The molecule has 0 aliphatic rings. The van der Waals surface area contributed by atoms with Crippen molar-refractivity contribution in [3.8, 4) is 0 Å². The monoisotopic (exact) mass is 381 g/mol. The van der Waals surface area contributed by atoms with Crippen LogP contribution in [0.1, 0.15) is 20.7 Å². The minimum absolute atomic E-state index is 0.208. The van der Waals surface area contributed by atoms with Gasteiger partial charge in [-0.2, -0.15) is 0 Å². The summed E-state index contributed by atoms with van der Waals surface area (Å²) in [5.41, 5.74) is 1.76. The van der Waals surface area contributed by atoms with Gasteiger partial charge >= 0.3 is 0 Å². The fourth-order valence-corrected chi connectivity index (χ4v) is 2.83. The van der Waals surface area contributed by atoms with Gasteiger partial charge < -0.3 is 5.32 Å². The van der Waals surface area contributed by atoms with E-state index in [0.717, 1.165) is 15.2 Å². The molecular formula is C14H9Br2NO2. The molecule has 2 rings (SSSR count). The lowest BCUT2D eigenvalue weighted by atomic mass is 10.2. The molecule has 96 valence electrons. The second-order valence-electron chi connectivity index (χ2n) is 3.85. The van der Waals surface area contributed by atoms with Crippen LogP contribution in [0.15, 0.2) is 51.4 Å². The summed E-state index contributed by atoms with van der Waals surface area (Å²) in [5.74, 6) is -0.208. The molecule has 0 atom stereocenters. The van der Waals surface area contributed by atoms with Crippen molar-refractivity contribution in [1.29, 1.82) is 0 Å². The van der Waals surface area contributed by atoms with Crippen molar-refractivity contribution in [2.75, 3.05) is 5.32 Å². The van der Waals surface area contributed by atoms with Crippen LogP contribution in [0, 0.1) is 0 Å². The van der Waals surface area contributed by atoms with E-state index < -0.39 is 0 Å². The SMILES string of the molecule is O=Cc1ccc(NC(=O)c2cc(Br)cc(Br)c2)cc1. The zero-order valence-corrected chi connectivity index (χ0v) is 12.9. The van der Waals surface area contributed by atoms with Crippen LogP contribution in [0.3, 0.4) is 0 Å². The first-order valence-corrected chi connectivity index (χ1v) is 7.00. The van der Waals surface area contributed by atoms with E-state index in [4.69, 9.17) is 0 Å². The highest BCUT2D eigenvalue weighted by molar-refractivity contribution is 9.11. The van der Waals surface area contributed by atoms with E-state index in [1.807, 2.05) is 6.07 Å². The van der Waals surface area contributed by atoms with Crippen molar-refractivity contribution in [2.24, 2.45) is 0 Å². The van der Waals surface area contributed by atoms with Gasteiger partial charge in [0.15, 0.2) is 0 Å². The first-order valence-electron chi connectivity index (χ1n) is 5.41. The van der Waals surface area contributed by atoms with Crippen molar-refractivity contribution in [3.05, 3.63) is 62.5 Å². The van der Waals surface area contributed by atoms with E-state index in [1.54, 1.807) is 36.4 Å². The van der Waals surface area contributed by atoms with Gasteiger partial charge in [-0.25, -0.2) is 0 Å². The van der Waals surface area contributed by atoms with E-state index in [9.17, 15) is 9.59 Å². The molecule has 5 heteroatoms. The van der Waals surface area contributed by atoms with E-state index in [0.29, 0.717) is 16.8 Å². The van der Waals surface area contributed by atoms with Gasteiger partial charge in [-0.15, -0.1) is 0 Å². The molecule has 3 nitrogen and oxygen atoms in total. The Hall–Kier alpha value is -1.46. The Labute approximate surface area is 127 Å². The Kier molecular flexibility index (Phi) is 4.50. The van der Waals surface area contributed by atoms with Gasteiger partial charge in [0, 0.05) is 25.8 Å². The van der Waals surface area contributed by atoms with E-state index in [1.165, 1.54) is 0 Å². The third-order valence-corrected chi connectivity index (χ3v) is 3.35. The molecule has 1 N–H and O–H groups in total. The molecule has 0 heterocycles. The molecule has 0 bridgehead atoms. The summed E-state index contributed by atoms with van der Waals surface area (Å²) < 4.78 is 1.65. The molecule has 0 aromatic heterocycles. The van der Waals surface area contributed by atoms with E-state index in [2.05, 4.69) is 37.2 Å². The predicted octanol–water partition coefficient (Wildman–Crippen LogP) is 4.28. The lowest BCUT2D eigenvalue weighted by Crippen LogP contribution is -2.11. The number of amides is 1. The maximum absolute atomic E-state index is 12.1. The number of nitrogens with one attached hydrogen (secondary N) is 1. The summed E-state index contributed by atoms with van der Waals surface area (Å²) in [6, 6.07) is 12.0. The number of hydrogen-bond acceptors (Lipinski definition) is 2. The molecule has 0 unspecified atom stereocenters. The number of benzene rings is 2. The summed E-state index contributed by atoms with van der Waals surface area (Å²) >= 11 is 6.67. The van der Waals surface area contributed by atoms with E-state index in [-0.39, 0.29) is 5.91 Å². The zero-order valence-electron chi connectivity index (χ0n) is 9.69. The quantitative estimate of drug-likeness (QED) is 0.805. The number of halogens is 2. The highest BCUT2D eigenvalue weighted by Crippen LogP contribution is 2.21. The molecule has 0 spiro atoms. The molecule has 0 saturated carbocycles. The summed E-state index contributed by atoms with van der Waals surface area (Å²) in [6.45, 7) is 0. The largest absolute Gasteiger partial charge is 0.322 e. The fraction of sp³-hybridized carbons (Fsp3) is 0. The molecule has 19 heavy (non-hydrogen) atoms. The van der Waals surface area contributed by atoms with Crippen LogP contribution in [-0.2, 0) is 0 Å². The molecule has 0 aliphatic heterocycles. The maximum Gasteiger partial charge on any atom is 0.255 e. The van der Waals surface area contributed by atoms with Gasteiger partial charge in [0.05, 0.1) is 0 Å². The number of carbonyl (C=O) groups is 2. The first-order chi connectivity index (χ1) is 9.08. The normalized spacial score (nSPS) is 10.0. The lowest BCUT2D eigenvalue weighted by Gasteiger charge is -2.06. The van der Waals surface area contributed by atoms with Crippen LogP contribution >= 0.6 is 31.9 Å². The lowest BCUT2D eigenvalue weighted by molar-refractivity contribution is 0.102. The number of anilines is 1. The smallest absolute Gasteiger partial charge is 0.255 e. The summed E-state index contributed by atoms with van der Waals surface area (Å²) in [4.78, 5) is 22.6. The summed E-state index contributed by atoms with van der Waals surface area (Å²) in [7, 11) is 0. The van der Waals surface area contributed by atoms with Gasteiger partial charge in [-0.3, -0.25) is 9.59 Å². The highest BCUT2D eigenvalue weighted by Gasteiger charge is 2.08. The Bertz CT molecular complexity index is 604. The Morgan fingerprint density at radius 2 is 1.58 bits per heavy atom. The third-order valence-electron chi connectivity index (χ3n) is 2.43. The second kappa shape index (κ2) is 6.12. The van der Waals surface area contributed by atoms with Crippen LogP contribution in [0.4, 0.5) is 5.69 Å². The molecule has 1 amide bonds. The van der Waals surface area contributed by atoms with E-state index >= 15 is 0 Å². The Morgan fingerprint density at radius 3 is 2.11 bits per heavy atom. The van der Waals surface area contributed by atoms with Crippen LogP contribution in [-0.4, -0.2) is 12.2 Å². The van der Waals surface area contributed by atoms with Gasteiger partial charge in [-0.05, 0) is 42.5 Å². The maximum atomic E-state index is 12.1. The Morgan fingerprint density at radius 1 is 1.00 bits per heavy atom. The number of carbonyl (C=O) groups excluding carboxylic acids is 2. The topological polar surface area (TPSA) is 46.2 Å². The molecule has 2 aromatic rings. The van der Waals surface area contributed by atoms with Gasteiger partial charge in [0.25, 0.3) is 5.91 Å². The van der Waals surface area contributed by atoms with Crippen molar-refractivity contribution in [3.63, 3.8) is 0 Å². The molecular weight excluding hydrogens is 374 g/mol. The first kappa shape index (κ1) is 14.0. The third kappa shape index (κ3) is 3.75. The van der Waals surface area contributed by atoms with Gasteiger partial charge in [0.2, 0.25) is 0 Å². The molecule has 0 fully saturated rings. The van der Waals surface area contributed by atoms with Crippen LogP contribution in [0.25, 0.3) is 0 Å². The van der Waals surface area contributed by atoms with Crippen molar-refractivity contribution < 1.29 is 9.59 Å². The van der Waals surface area contributed by atoms with Gasteiger partial charge in [0.1, 0.15) is 6.29 Å². The highest BCUT2D eigenvalue weighted by atomic mass is 79.9. The van der Waals surface area contributed by atoms with Crippen LogP contribution in [0.2, 0.25) is 0 Å². The average molecular weight is 383 g/mol. The standard InChI is InChI=1S/C14H9Br2NO2/c15-11-5-10(6-12(16)7-11)14(19)17-13-3-1-9(8-18)2-4-13/h1-8H,(H,17,19). The van der Waals surface area contributed by atoms with Crippen LogP contribution < -0.4 is 5.32 Å². The summed E-state index contributed by atoms with van der Waals surface area (Å²) in [5, 5.41) is 2.77. The predicted molar refractivity (Wildman–Crippen MR) is 81.6 cm³/mol. The second-order valence-corrected chi connectivity index (χ2v) is 5.68. The van der Waals surface area contributed by atoms with Crippen molar-refractivity contribution in [1.82, 2.24) is 0 Å². The molecule has 0 saturated heterocycles. The number of hydrogen-bond donors (Lipinski definition) is 1. The zero-order chi connectivity index (χ0) is 13.8. The van der Waals surface area contributed by atoms with Crippen molar-refractivity contribution in [2.45, 2.75) is 0 Å².